The molecule has 0 unspecified atom stereocenters. The number of anilines is 2. The molecule has 0 bridgehead atoms. The molecule has 0 aromatic heterocycles. The van der Waals surface area contributed by atoms with Gasteiger partial charge in [-0.25, -0.2) is 4.79 Å². The van der Waals surface area contributed by atoms with Gasteiger partial charge in [-0.3, -0.25) is 0 Å². The van der Waals surface area contributed by atoms with Gasteiger partial charge < -0.3 is 15.8 Å². The standard InChI is InChI=1S/C17H20N2O2/c1-3-21-17(20)15-10-14(8-9-16(15)18)19-11-13-7-5-4-6-12(13)2/h4-10,19H,3,11,18H2,1-2H3. The maximum atomic E-state index is 11.8. The van der Waals surface area contributed by atoms with Gasteiger partial charge >= 0.3 is 5.97 Å². The third-order valence-corrected chi connectivity index (χ3v) is 3.29. The van der Waals surface area contributed by atoms with Crippen molar-refractivity contribution in [2.24, 2.45) is 0 Å². The molecule has 0 heterocycles. The predicted molar refractivity (Wildman–Crippen MR) is 85.3 cm³/mol. The smallest absolute Gasteiger partial charge is 0.340 e. The van der Waals surface area contributed by atoms with Crippen LogP contribution >= 0.6 is 0 Å². The Morgan fingerprint density at radius 2 is 2.00 bits per heavy atom. The van der Waals surface area contributed by atoms with Crippen molar-refractivity contribution in [3.63, 3.8) is 0 Å². The number of ether oxygens (including phenoxy) is 1. The number of aryl methyl sites for hydroxylation is 1. The van der Waals surface area contributed by atoms with Crippen LogP contribution in [0.15, 0.2) is 42.5 Å². The lowest BCUT2D eigenvalue weighted by Gasteiger charge is -2.11. The summed E-state index contributed by atoms with van der Waals surface area (Å²) in [5, 5.41) is 3.30. The van der Waals surface area contributed by atoms with Gasteiger partial charge in [0.1, 0.15) is 0 Å². The molecule has 4 heteroatoms. The van der Waals surface area contributed by atoms with Crippen molar-refractivity contribution in [2.75, 3.05) is 17.7 Å². The van der Waals surface area contributed by atoms with Crippen molar-refractivity contribution in [1.29, 1.82) is 0 Å². The first-order chi connectivity index (χ1) is 10.1. The van der Waals surface area contributed by atoms with Gasteiger partial charge in [0.25, 0.3) is 0 Å². The van der Waals surface area contributed by atoms with Crippen LogP contribution in [0, 0.1) is 6.92 Å². The second-order valence-corrected chi connectivity index (χ2v) is 4.80. The van der Waals surface area contributed by atoms with Crippen LogP contribution in [0.1, 0.15) is 28.4 Å². The van der Waals surface area contributed by atoms with Crippen molar-refractivity contribution < 1.29 is 9.53 Å². The molecule has 0 aliphatic carbocycles. The van der Waals surface area contributed by atoms with Crippen LogP contribution in [0.4, 0.5) is 11.4 Å². The molecular formula is C17H20N2O2. The molecule has 3 N–H and O–H groups in total. The Morgan fingerprint density at radius 1 is 1.24 bits per heavy atom. The number of rotatable bonds is 5. The van der Waals surface area contributed by atoms with E-state index in [-0.39, 0.29) is 0 Å². The van der Waals surface area contributed by atoms with E-state index in [2.05, 4.69) is 24.4 Å². The number of benzene rings is 2. The van der Waals surface area contributed by atoms with Gasteiger partial charge in [0.2, 0.25) is 0 Å². The van der Waals surface area contributed by atoms with E-state index in [1.165, 1.54) is 11.1 Å². The van der Waals surface area contributed by atoms with Crippen LogP contribution in [-0.4, -0.2) is 12.6 Å². The normalized spacial score (nSPS) is 10.2. The number of nitrogens with two attached hydrogens (primary N) is 1. The second kappa shape index (κ2) is 6.79. The second-order valence-electron chi connectivity index (χ2n) is 4.80. The lowest BCUT2D eigenvalue weighted by molar-refractivity contribution is 0.0527. The highest BCUT2D eigenvalue weighted by Gasteiger charge is 2.11. The van der Waals surface area contributed by atoms with E-state index in [9.17, 15) is 4.79 Å². The maximum absolute atomic E-state index is 11.8. The Labute approximate surface area is 124 Å². The fraction of sp³-hybridized carbons (Fsp3) is 0.235. The first-order valence-electron chi connectivity index (χ1n) is 6.97. The highest BCUT2D eigenvalue weighted by molar-refractivity contribution is 5.96. The number of hydrogen-bond donors (Lipinski definition) is 2. The molecule has 110 valence electrons. The third kappa shape index (κ3) is 3.75. The largest absolute Gasteiger partial charge is 0.462 e. The van der Waals surface area contributed by atoms with Gasteiger partial charge in [0, 0.05) is 17.9 Å². The number of carbonyl (C=O) groups is 1. The average molecular weight is 284 g/mol. The summed E-state index contributed by atoms with van der Waals surface area (Å²) < 4.78 is 5.00. The highest BCUT2D eigenvalue weighted by atomic mass is 16.5. The lowest BCUT2D eigenvalue weighted by atomic mass is 10.1. The summed E-state index contributed by atoms with van der Waals surface area (Å²) >= 11 is 0. The molecule has 0 saturated heterocycles. The van der Waals surface area contributed by atoms with Crippen molar-refractivity contribution >= 4 is 17.3 Å². The van der Waals surface area contributed by atoms with E-state index < -0.39 is 5.97 Å². The Morgan fingerprint density at radius 3 is 2.71 bits per heavy atom. The molecule has 0 amide bonds. The van der Waals surface area contributed by atoms with Crippen molar-refractivity contribution in [1.82, 2.24) is 0 Å². The van der Waals surface area contributed by atoms with Gasteiger partial charge in [-0.05, 0) is 43.2 Å². The average Bonchev–Trinajstić information content (AvgIpc) is 2.48. The molecule has 2 aromatic carbocycles. The molecule has 21 heavy (non-hydrogen) atoms. The Kier molecular flexibility index (Phi) is 4.82. The molecule has 2 rings (SSSR count). The Balaban J connectivity index is 2.12. The molecular weight excluding hydrogens is 264 g/mol. The monoisotopic (exact) mass is 284 g/mol. The molecule has 0 spiro atoms. The van der Waals surface area contributed by atoms with Crippen LogP contribution in [-0.2, 0) is 11.3 Å². The topological polar surface area (TPSA) is 64.3 Å². The van der Waals surface area contributed by atoms with Crippen molar-refractivity contribution in [2.45, 2.75) is 20.4 Å². The number of nitrogens with one attached hydrogen (secondary N) is 1. The minimum absolute atomic E-state index is 0.332. The summed E-state index contributed by atoms with van der Waals surface area (Å²) in [5.41, 5.74) is 9.93. The van der Waals surface area contributed by atoms with Crippen LogP contribution in [0.2, 0.25) is 0 Å². The fourth-order valence-corrected chi connectivity index (χ4v) is 2.06. The zero-order chi connectivity index (χ0) is 15.2. The van der Waals surface area contributed by atoms with Gasteiger partial charge in [-0.15, -0.1) is 0 Å². The molecule has 0 radical (unpaired) electrons. The van der Waals surface area contributed by atoms with E-state index in [0.717, 1.165) is 5.69 Å². The Bertz CT molecular complexity index is 638. The van der Waals surface area contributed by atoms with Crippen molar-refractivity contribution in [3.05, 3.63) is 59.2 Å². The zero-order valence-corrected chi connectivity index (χ0v) is 12.3. The van der Waals surface area contributed by atoms with E-state index in [0.29, 0.717) is 24.4 Å². The lowest BCUT2D eigenvalue weighted by Crippen LogP contribution is -2.09. The summed E-state index contributed by atoms with van der Waals surface area (Å²) in [4.78, 5) is 11.8. The minimum Gasteiger partial charge on any atom is -0.462 e. The molecule has 0 aliphatic heterocycles. The van der Waals surface area contributed by atoms with Gasteiger partial charge in [0.05, 0.1) is 12.2 Å². The van der Waals surface area contributed by atoms with E-state index in [1.807, 2.05) is 18.2 Å². The number of carbonyl (C=O) groups excluding carboxylic acids is 1. The summed E-state index contributed by atoms with van der Waals surface area (Å²) in [7, 11) is 0. The van der Waals surface area contributed by atoms with Gasteiger partial charge in [0.15, 0.2) is 0 Å². The molecule has 4 nitrogen and oxygen atoms in total. The van der Waals surface area contributed by atoms with E-state index in [1.54, 1.807) is 19.1 Å². The maximum Gasteiger partial charge on any atom is 0.340 e. The molecule has 0 aliphatic rings. The third-order valence-electron chi connectivity index (χ3n) is 3.29. The molecule has 2 aromatic rings. The Hall–Kier alpha value is -2.49. The van der Waals surface area contributed by atoms with Crippen LogP contribution in [0.5, 0.6) is 0 Å². The van der Waals surface area contributed by atoms with Crippen LogP contribution in [0.25, 0.3) is 0 Å². The van der Waals surface area contributed by atoms with E-state index >= 15 is 0 Å². The van der Waals surface area contributed by atoms with Crippen LogP contribution < -0.4 is 11.1 Å². The van der Waals surface area contributed by atoms with Gasteiger partial charge in [-0.1, -0.05) is 24.3 Å². The van der Waals surface area contributed by atoms with E-state index in [4.69, 9.17) is 10.5 Å². The number of esters is 1. The highest BCUT2D eigenvalue weighted by Crippen LogP contribution is 2.20. The van der Waals surface area contributed by atoms with Gasteiger partial charge in [-0.2, -0.15) is 0 Å². The minimum atomic E-state index is -0.394. The molecule has 0 atom stereocenters. The first-order valence-corrected chi connectivity index (χ1v) is 6.97. The van der Waals surface area contributed by atoms with Crippen molar-refractivity contribution in [3.8, 4) is 0 Å². The zero-order valence-electron chi connectivity index (χ0n) is 12.3. The quantitative estimate of drug-likeness (QED) is 0.652. The molecule has 0 saturated carbocycles. The number of hydrogen-bond acceptors (Lipinski definition) is 4. The summed E-state index contributed by atoms with van der Waals surface area (Å²) in [6, 6.07) is 13.5. The first kappa shape index (κ1) is 14.9. The molecule has 0 fully saturated rings. The summed E-state index contributed by atoms with van der Waals surface area (Å²) in [6.07, 6.45) is 0. The SMILES string of the molecule is CCOC(=O)c1cc(NCc2ccccc2C)ccc1N. The summed E-state index contributed by atoms with van der Waals surface area (Å²) in [5.74, 6) is -0.394. The van der Waals surface area contributed by atoms with Crippen LogP contribution in [0.3, 0.4) is 0 Å². The fourth-order valence-electron chi connectivity index (χ4n) is 2.06. The predicted octanol–water partition coefficient (Wildman–Crippen LogP) is 3.37. The summed E-state index contributed by atoms with van der Waals surface area (Å²) in [6.45, 7) is 4.87. The number of nitrogen functional groups attached to an aromatic ring is 1.